The minimum Gasteiger partial charge on any atom is -0.492 e. The van der Waals surface area contributed by atoms with Crippen LogP contribution in [0.4, 0.5) is 0 Å². The van der Waals surface area contributed by atoms with Gasteiger partial charge in [0, 0.05) is 0 Å². The van der Waals surface area contributed by atoms with Crippen LogP contribution in [0.3, 0.4) is 0 Å². The summed E-state index contributed by atoms with van der Waals surface area (Å²) in [5.41, 5.74) is -0.531. The zero-order valence-corrected chi connectivity index (χ0v) is 12.5. The molecule has 1 atom stereocenters. The van der Waals surface area contributed by atoms with Crippen LogP contribution in [0, 0.1) is 5.92 Å². The van der Waals surface area contributed by atoms with E-state index < -0.39 is 11.9 Å². The van der Waals surface area contributed by atoms with E-state index in [1.54, 1.807) is 0 Å². The van der Waals surface area contributed by atoms with Crippen molar-refractivity contribution < 1.29 is 24.5 Å². The SMILES string of the molecule is CCCCC(CC)COc1cccc(C(=O)O)c1C(=O)O. The fourth-order valence-electron chi connectivity index (χ4n) is 2.16. The molecule has 1 rings (SSSR count). The van der Waals surface area contributed by atoms with E-state index in [4.69, 9.17) is 9.84 Å². The predicted octanol–water partition coefficient (Wildman–Crippen LogP) is 3.68. The van der Waals surface area contributed by atoms with Gasteiger partial charge >= 0.3 is 11.9 Å². The van der Waals surface area contributed by atoms with Crippen LogP contribution in [0.5, 0.6) is 5.75 Å². The Labute approximate surface area is 124 Å². The molecule has 0 saturated heterocycles. The van der Waals surface area contributed by atoms with Gasteiger partial charge in [-0.05, 0) is 24.5 Å². The zero-order valence-electron chi connectivity index (χ0n) is 12.5. The third-order valence-electron chi connectivity index (χ3n) is 3.49. The molecule has 0 aromatic heterocycles. The van der Waals surface area contributed by atoms with Crippen LogP contribution in [0.25, 0.3) is 0 Å². The minimum absolute atomic E-state index is 0.123. The summed E-state index contributed by atoms with van der Waals surface area (Å²) in [6, 6.07) is 4.27. The summed E-state index contributed by atoms with van der Waals surface area (Å²) >= 11 is 0. The van der Waals surface area contributed by atoms with E-state index in [9.17, 15) is 14.7 Å². The van der Waals surface area contributed by atoms with E-state index in [0.717, 1.165) is 25.7 Å². The maximum Gasteiger partial charge on any atom is 0.340 e. The first kappa shape index (κ1) is 17.0. The highest BCUT2D eigenvalue weighted by Crippen LogP contribution is 2.24. The van der Waals surface area contributed by atoms with Crippen molar-refractivity contribution in [1.82, 2.24) is 0 Å². The molecule has 2 N–H and O–H groups in total. The highest BCUT2D eigenvalue weighted by molar-refractivity contribution is 6.03. The van der Waals surface area contributed by atoms with Crippen molar-refractivity contribution in [3.05, 3.63) is 29.3 Å². The van der Waals surface area contributed by atoms with Crippen molar-refractivity contribution in [3.8, 4) is 5.75 Å². The number of benzene rings is 1. The second-order valence-corrected chi connectivity index (χ2v) is 5.02. The Morgan fingerprint density at radius 2 is 1.90 bits per heavy atom. The standard InChI is InChI=1S/C16H22O5/c1-3-5-7-11(4-2)10-21-13-9-6-8-12(15(17)18)14(13)16(19)20/h6,8-9,11H,3-5,7,10H2,1-2H3,(H,17,18)(H,19,20). The summed E-state index contributed by atoms with van der Waals surface area (Å²) in [4.78, 5) is 22.4. The second-order valence-electron chi connectivity index (χ2n) is 5.02. The van der Waals surface area contributed by atoms with Gasteiger partial charge in [-0.2, -0.15) is 0 Å². The molecule has 0 saturated carbocycles. The fourth-order valence-corrected chi connectivity index (χ4v) is 2.16. The summed E-state index contributed by atoms with van der Waals surface area (Å²) in [7, 11) is 0. The number of aromatic carboxylic acids is 2. The number of carboxylic acids is 2. The van der Waals surface area contributed by atoms with Gasteiger partial charge in [0.1, 0.15) is 11.3 Å². The molecule has 0 aliphatic carbocycles. The second kappa shape index (κ2) is 8.29. The fraction of sp³-hybridized carbons (Fsp3) is 0.500. The molecule has 21 heavy (non-hydrogen) atoms. The smallest absolute Gasteiger partial charge is 0.340 e. The first-order chi connectivity index (χ1) is 10.0. The molecule has 0 bridgehead atoms. The molecule has 116 valence electrons. The summed E-state index contributed by atoms with van der Waals surface area (Å²) in [5, 5.41) is 18.3. The number of unbranched alkanes of at least 4 members (excludes halogenated alkanes) is 1. The molecule has 0 amide bonds. The van der Waals surface area contributed by atoms with Gasteiger partial charge in [-0.15, -0.1) is 0 Å². The minimum atomic E-state index is -1.29. The molecule has 0 spiro atoms. The molecule has 5 heteroatoms. The Morgan fingerprint density at radius 3 is 2.43 bits per heavy atom. The van der Waals surface area contributed by atoms with E-state index in [-0.39, 0.29) is 16.9 Å². The van der Waals surface area contributed by atoms with Crippen LogP contribution >= 0.6 is 0 Å². The van der Waals surface area contributed by atoms with Crippen LogP contribution in [-0.2, 0) is 0 Å². The average Bonchev–Trinajstić information content (AvgIpc) is 2.46. The van der Waals surface area contributed by atoms with Crippen LogP contribution in [0.2, 0.25) is 0 Å². The number of ether oxygens (including phenoxy) is 1. The van der Waals surface area contributed by atoms with Gasteiger partial charge in [0.2, 0.25) is 0 Å². The van der Waals surface area contributed by atoms with E-state index >= 15 is 0 Å². The lowest BCUT2D eigenvalue weighted by Gasteiger charge is -2.17. The molecular formula is C16H22O5. The monoisotopic (exact) mass is 294 g/mol. The van der Waals surface area contributed by atoms with Crippen LogP contribution in [0.1, 0.15) is 60.2 Å². The molecule has 5 nitrogen and oxygen atoms in total. The highest BCUT2D eigenvalue weighted by atomic mass is 16.5. The molecule has 0 aliphatic heterocycles. The zero-order chi connectivity index (χ0) is 15.8. The van der Waals surface area contributed by atoms with Crippen LogP contribution in [0.15, 0.2) is 18.2 Å². The van der Waals surface area contributed by atoms with Gasteiger partial charge in [-0.3, -0.25) is 0 Å². The first-order valence-electron chi connectivity index (χ1n) is 7.23. The average molecular weight is 294 g/mol. The number of rotatable bonds is 9. The summed E-state index contributed by atoms with van der Waals surface area (Å²) in [6.45, 7) is 4.59. The number of hydrogen-bond donors (Lipinski definition) is 2. The maximum absolute atomic E-state index is 11.3. The van der Waals surface area contributed by atoms with Crippen molar-refractivity contribution in [2.45, 2.75) is 39.5 Å². The van der Waals surface area contributed by atoms with E-state index in [0.29, 0.717) is 12.5 Å². The molecular weight excluding hydrogens is 272 g/mol. The Bertz CT molecular complexity index is 495. The lowest BCUT2D eigenvalue weighted by molar-refractivity contribution is 0.0646. The lowest BCUT2D eigenvalue weighted by Crippen LogP contribution is -2.15. The van der Waals surface area contributed by atoms with Gasteiger partial charge in [-0.25, -0.2) is 9.59 Å². The summed E-state index contributed by atoms with van der Waals surface area (Å²) in [5.74, 6) is -2.09. The number of carboxylic acid groups (broad SMARTS) is 2. The van der Waals surface area contributed by atoms with Gasteiger partial charge in [-0.1, -0.05) is 39.2 Å². The molecule has 0 fully saturated rings. The topological polar surface area (TPSA) is 83.8 Å². The Kier molecular flexibility index (Phi) is 6.72. The largest absolute Gasteiger partial charge is 0.492 e. The highest BCUT2D eigenvalue weighted by Gasteiger charge is 2.21. The van der Waals surface area contributed by atoms with Crippen LogP contribution in [-0.4, -0.2) is 28.8 Å². The first-order valence-corrected chi connectivity index (χ1v) is 7.23. The van der Waals surface area contributed by atoms with E-state index in [2.05, 4.69) is 13.8 Å². The van der Waals surface area contributed by atoms with Gasteiger partial charge in [0.05, 0.1) is 12.2 Å². The lowest BCUT2D eigenvalue weighted by atomic mass is 10.0. The van der Waals surface area contributed by atoms with Gasteiger partial charge < -0.3 is 14.9 Å². The Hall–Kier alpha value is -2.04. The number of carbonyl (C=O) groups is 2. The van der Waals surface area contributed by atoms with Crippen molar-refractivity contribution >= 4 is 11.9 Å². The third kappa shape index (κ3) is 4.77. The molecule has 0 aliphatic rings. The van der Waals surface area contributed by atoms with Crippen molar-refractivity contribution in [2.24, 2.45) is 5.92 Å². The molecule has 0 heterocycles. The van der Waals surface area contributed by atoms with E-state index in [1.165, 1.54) is 18.2 Å². The quantitative estimate of drug-likeness (QED) is 0.725. The third-order valence-corrected chi connectivity index (χ3v) is 3.49. The van der Waals surface area contributed by atoms with Crippen LogP contribution < -0.4 is 4.74 Å². The molecule has 0 radical (unpaired) electrons. The van der Waals surface area contributed by atoms with Crippen molar-refractivity contribution in [1.29, 1.82) is 0 Å². The predicted molar refractivity (Wildman–Crippen MR) is 79.2 cm³/mol. The van der Waals surface area contributed by atoms with Gasteiger partial charge in [0.25, 0.3) is 0 Å². The van der Waals surface area contributed by atoms with Crippen molar-refractivity contribution in [2.75, 3.05) is 6.61 Å². The normalized spacial score (nSPS) is 11.9. The van der Waals surface area contributed by atoms with Gasteiger partial charge in [0.15, 0.2) is 0 Å². The van der Waals surface area contributed by atoms with Crippen molar-refractivity contribution in [3.63, 3.8) is 0 Å². The maximum atomic E-state index is 11.3. The Balaban J connectivity index is 2.90. The summed E-state index contributed by atoms with van der Waals surface area (Å²) < 4.78 is 5.60. The molecule has 1 unspecified atom stereocenters. The Morgan fingerprint density at radius 1 is 1.19 bits per heavy atom. The molecule has 1 aromatic rings. The van der Waals surface area contributed by atoms with E-state index in [1.807, 2.05) is 0 Å². The molecule has 1 aromatic carbocycles. The number of hydrogen-bond acceptors (Lipinski definition) is 3. The summed E-state index contributed by atoms with van der Waals surface area (Å²) in [6.07, 6.45) is 4.17.